The monoisotopic (exact) mass is 302 g/mol. The fourth-order valence-corrected chi connectivity index (χ4v) is 5.15. The van der Waals surface area contributed by atoms with Crippen molar-refractivity contribution in [3.8, 4) is 0 Å². The summed E-state index contributed by atoms with van der Waals surface area (Å²) < 4.78 is 27.4. The van der Waals surface area contributed by atoms with E-state index in [4.69, 9.17) is 0 Å². The van der Waals surface area contributed by atoms with Crippen molar-refractivity contribution in [3.63, 3.8) is 0 Å². The highest BCUT2D eigenvalue weighted by Crippen LogP contribution is 2.35. The van der Waals surface area contributed by atoms with Crippen LogP contribution in [0.4, 0.5) is 8.78 Å². The molecule has 104 valence electrons. The van der Waals surface area contributed by atoms with E-state index in [2.05, 4.69) is 0 Å². The summed E-state index contributed by atoms with van der Waals surface area (Å²) >= 11 is 3.31. The molecule has 1 fully saturated rings. The summed E-state index contributed by atoms with van der Waals surface area (Å²) in [5, 5.41) is -0.0737. The lowest BCUT2D eigenvalue weighted by molar-refractivity contribution is 0.0983. The first-order valence-electron chi connectivity index (χ1n) is 6.28. The lowest BCUT2D eigenvalue weighted by Crippen LogP contribution is -2.33. The summed E-state index contributed by atoms with van der Waals surface area (Å²) in [6.07, 6.45) is 0.865. The molecule has 2 unspecified atom stereocenters. The van der Waals surface area contributed by atoms with Gasteiger partial charge in [0.2, 0.25) is 0 Å². The number of thioether (sulfide) groups is 2. The van der Waals surface area contributed by atoms with Crippen LogP contribution in [-0.2, 0) is 0 Å². The van der Waals surface area contributed by atoms with Gasteiger partial charge in [-0.2, -0.15) is 11.8 Å². The van der Waals surface area contributed by atoms with Crippen LogP contribution in [0.1, 0.15) is 29.3 Å². The molecule has 5 heteroatoms. The maximum absolute atomic E-state index is 13.9. The Labute approximate surface area is 120 Å². The Morgan fingerprint density at radius 1 is 1.26 bits per heavy atom. The van der Waals surface area contributed by atoms with Gasteiger partial charge in [-0.1, -0.05) is 13.0 Å². The molecule has 0 spiro atoms. The van der Waals surface area contributed by atoms with E-state index in [1.54, 1.807) is 23.5 Å². The Balaban J connectivity index is 2.31. The van der Waals surface area contributed by atoms with Crippen molar-refractivity contribution in [2.24, 2.45) is 0 Å². The van der Waals surface area contributed by atoms with E-state index in [0.717, 1.165) is 17.9 Å². The Morgan fingerprint density at radius 2 is 1.95 bits per heavy atom. The average molecular weight is 302 g/mol. The SMILES string of the molecule is CCC1SCCSC1C(=O)c1ccc(C)c(F)c1F. The molecule has 1 aromatic rings. The van der Waals surface area contributed by atoms with E-state index in [1.807, 2.05) is 6.92 Å². The third-order valence-corrected chi connectivity index (χ3v) is 6.50. The lowest BCUT2D eigenvalue weighted by atomic mass is 10.0. The number of halogens is 2. The molecule has 19 heavy (non-hydrogen) atoms. The molecule has 0 N–H and O–H groups in total. The summed E-state index contributed by atoms with van der Waals surface area (Å²) in [5.74, 6) is -0.297. The van der Waals surface area contributed by atoms with Gasteiger partial charge in [0.15, 0.2) is 17.4 Å². The highest BCUT2D eigenvalue weighted by molar-refractivity contribution is 8.07. The molecule has 1 nitrogen and oxygen atoms in total. The fraction of sp³-hybridized carbons (Fsp3) is 0.500. The van der Waals surface area contributed by atoms with Crippen LogP contribution in [0.15, 0.2) is 12.1 Å². The predicted octanol–water partition coefficient (Wildman–Crippen LogP) is 4.08. The van der Waals surface area contributed by atoms with Gasteiger partial charge in [-0.25, -0.2) is 8.78 Å². The van der Waals surface area contributed by atoms with Gasteiger partial charge in [0.1, 0.15) is 0 Å². The summed E-state index contributed by atoms with van der Waals surface area (Å²) in [6.45, 7) is 3.52. The Morgan fingerprint density at radius 3 is 2.63 bits per heavy atom. The number of hydrogen-bond donors (Lipinski definition) is 0. The molecule has 0 bridgehead atoms. The van der Waals surface area contributed by atoms with Crippen molar-refractivity contribution in [1.82, 2.24) is 0 Å². The van der Waals surface area contributed by atoms with Gasteiger partial charge in [0.05, 0.1) is 10.8 Å². The second kappa shape index (κ2) is 6.27. The van der Waals surface area contributed by atoms with Crippen LogP contribution >= 0.6 is 23.5 Å². The number of benzene rings is 1. The zero-order chi connectivity index (χ0) is 14.0. The fourth-order valence-electron chi connectivity index (χ4n) is 2.14. The number of carbonyl (C=O) groups is 1. The Bertz CT molecular complexity index is 491. The van der Waals surface area contributed by atoms with Crippen LogP contribution in [0.5, 0.6) is 0 Å². The average Bonchev–Trinajstić information content (AvgIpc) is 2.44. The number of carbonyl (C=O) groups excluding carboxylic acids is 1. The summed E-state index contributed by atoms with van der Waals surface area (Å²) in [5.41, 5.74) is 0.119. The van der Waals surface area contributed by atoms with Crippen molar-refractivity contribution in [1.29, 1.82) is 0 Å². The van der Waals surface area contributed by atoms with Gasteiger partial charge >= 0.3 is 0 Å². The minimum Gasteiger partial charge on any atom is -0.293 e. The van der Waals surface area contributed by atoms with Crippen LogP contribution in [0.25, 0.3) is 0 Å². The number of rotatable bonds is 3. The first-order chi connectivity index (χ1) is 9.06. The highest BCUT2D eigenvalue weighted by Gasteiger charge is 2.33. The van der Waals surface area contributed by atoms with E-state index in [9.17, 15) is 13.6 Å². The van der Waals surface area contributed by atoms with Gasteiger partial charge in [-0.05, 0) is 25.0 Å². The van der Waals surface area contributed by atoms with Crippen LogP contribution < -0.4 is 0 Å². The first-order valence-corrected chi connectivity index (χ1v) is 8.38. The summed E-state index contributed by atoms with van der Waals surface area (Å²) in [6, 6.07) is 2.87. The van der Waals surface area contributed by atoms with E-state index >= 15 is 0 Å². The van der Waals surface area contributed by atoms with Crippen molar-refractivity contribution < 1.29 is 13.6 Å². The zero-order valence-corrected chi connectivity index (χ0v) is 12.5. The van der Waals surface area contributed by atoms with Crippen molar-refractivity contribution >= 4 is 29.3 Å². The predicted molar refractivity (Wildman–Crippen MR) is 78.2 cm³/mol. The molecular weight excluding hydrogens is 286 g/mol. The summed E-state index contributed by atoms with van der Waals surface area (Å²) in [7, 11) is 0. The largest absolute Gasteiger partial charge is 0.293 e. The third kappa shape index (κ3) is 2.97. The molecule has 2 atom stereocenters. The third-order valence-electron chi connectivity index (χ3n) is 3.25. The maximum Gasteiger partial charge on any atom is 0.179 e. The van der Waals surface area contributed by atoms with Gasteiger partial charge in [-0.3, -0.25) is 4.79 Å². The molecule has 0 saturated carbocycles. The second-order valence-electron chi connectivity index (χ2n) is 4.53. The van der Waals surface area contributed by atoms with Crippen molar-refractivity contribution in [2.45, 2.75) is 30.8 Å². The first kappa shape index (κ1) is 14.9. The Hall–Kier alpha value is -0.550. The van der Waals surface area contributed by atoms with Crippen molar-refractivity contribution in [3.05, 3.63) is 34.9 Å². The van der Waals surface area contributed by atoms with E-state index in [1.165, 1.54) is 19.1 Å². The van der Waals surface area contributed by atoms with Gasteiger partial charge in [0.25, 0.3) is 0 Å². The quantitative estimate of drug-likeness (QED) is 0.783. The number of Topliss-reactive ketones (excluding diaryl/α,β-unsaturated/α-hetero) is 1. The van der Waals surface area contributed by atoms with Crippen molar-refractivity contribution in [2.75, 3.05) is 11.5 Å². The van der Waals surface area contributed by atoms with Crippen LogP contribution in [0, 0.1) is 18.6 Å². The molecule has 2 rings (SSSR count). The lowest BCUT2D eigenvalue weighted by Gasteiger charge is -2.28. The molecule has 0 aromatic heterocycles. The summed E-state index contributed by atoms with van der Waals surface area (Å²) in [4.78, 5) is 12.4. The zero-order valence-electron chi connectivity index (χ0n) is 10.9. The molecule has 0 radical (unpaired) electrons. The van der Waals surface area contributed by atoms with Crippen LogP contribution in [-0.4, -0.2) is 27.8 Å². The number of ketones is 1. The van der Waals surface area contributed by atoms with Crippen LogP contribution in [0.3, 0.4) is 0 Å². The molecule has 1 aliphatic rings. The molecule has 0 amide bonds. The van der Waals surface area contributed by atoms with Gasteiger partial charge < -0.3 is 0 Å². The molecule has 1 aliphatic heterocycles. The molecule has 0 aliphatic carbocycles. The number of aryl methyl sites for hydroxylation is 1. The highest BCUT2D eigenvalue weighted by atomic mass is 32.2. The molecule has 1 saturated heterocycles. The minimum atomic E-state index is -1.00. The Kier molecular flexibility index (Phi) is 4.90. The van der Waals surface area contributed by atoms with E-state index in [-0.39, 0.29) is 27.4 Å². The standard InChI is InChI=1S/C14H16F2OS2/c1-3-10-14(19-7-6-18-10)13(17)9-5-4-8(2)11(15)12(9)16/h4-5,10,14H,3,6-7H2,1-2H3. The second-order valence-corrected chi connectivity index (χ2v) is 7.13. The normalized spacial score (nSPS) is 23.4. The topological polar surface area (TPSA) is 17.1 Å². The molecule has 1 aromatic carbocycles. The van der Waals surface area contributed by atoms with E-state index < -0.39 is 11.6 Å². The van der Waals surface area contributed by atoms with Gasteiger partial charge in [0, 0.05) is 16.8 Å². The minimum absolute atomic E-state index is 0.110. The molecule has 1 heterocycles. The van der Waals surface area contributed by atoms with Gasteiger partial charge in [-0.15, -0.1) is 11.8 Å². The maximum atomic E-state index is 13.9. The number of hydrogen-bond acceptors (Lipinski definition) is 3. The van der Waals surface area contributed by atoms with E-state index in [0.29, 0.717) is 0 Å². The smallest absolute Gasteiger partial charge is 0.179 e. The van der Waals surface area contributed by atoms with Crippen LogP contribution in [0.2, 0.25) is 0 Å². The molecular formula is C14H16F2OS2.